The molecule has 6 nitrogen and oxygen atoms in total. The Hall–Kier alpha value is -3.75. The molecule has 0 saturated carbocycles. The maximum Gasteiger partial charge on any atom is 0.417 e. The van der Waals surface area contributed by atoms with E-state index < -0.39 is 34.6 Å². The number of aryl methyl sites for hydroxylation is 1. The third-order valence-corrected chi connectivity index (χ3v) is 4.49. The van der Waals surface area contributed by atoms with Gasteiger partial charge in [-0.25, -0.2) is 4.79 Å². The normalized spacial score (nSPS) is 12.3. The molecule has 31 heavy (non-hydrogen) atoms. The molecule has 0 spiro atoms. The summed E-state index contributed by atoms with van der Waals surface area (Å²) < 4.78 is 52.2. The van der Waals surface area contributed by atoms with E-state index in [0.29, 0.717) is 0 Å². The molecule has 0 radical (unpaired) electrons. The number of carbonyl (C=O) groups excluding carboxylic acids is 1. The average molecular weight is 432 g/mol. The van der Waals surface area contributed by atoms with Crippen LogP contribution in [-0.4, -0.2) is 28.0 Å². The monoisotopic (exact) mass is 432 g/mol. The second-order valence-electron chi connectivity index (χ2n) is 6.51. The summed E-state index contributed by atoms with van der Waals surface area (Å²) >= 11 is 0. The Morgan fingerprint density at radius 3 is 2.39 bits per heavy atom. The fourth-order valence-electron chi connectivity index (χ4n) is 3.03. The molecule has 2 aromatic carbocycles. The number of carbonyl (C=O) groups is 1. The largest absolute Gasteiger partial charge is 0.505 e. The molecule has 0 unspecified atom stereocenters. The van der Waals surface area contributed by atoms with Crippen LogP contribution in [0.5, 0.6) is 5.75 Å². The van der Waals surface area contributed by atoms with Crippen LogP contribution in [0.3, 0.4) is 0 Å². The molecule has 0 aliphatic heterocycles. The Balaban J connectivity index is 2.13. The molecule has 0 fully saturated rings. The van der Waals surface area contributed by atoms with Crippen molar-refractivity contribution in [2.45, 2.75) is 12.8 Å². The average Bonchev–Trinajstić information content (AvgIpc) is 3.13. The standard InChI is InChI=1S/C22H19F3N2O4/c1-27-19(17(12-26-27)31-13-14-8-4-3-5-9-14)20(28)18(21(29)30-2)15-10-6-7-11-16(15)22(23,24)25/h3-12,28H,13H2,1-2H3. The van der Waals surface area contributed by atoms with E-state index in [9.17, 15) is 23.1 Å². The van der Waals surface area contributed by atoms with Gasteiger partial charge in [0.25, 0.3) is 0 Å². The zero-order valence-corrected chi connectivity index (χ0v) is 16.7. The van der Waals surface area contributed by atoms with Crippen LogP contribution in [0.25, 0.3) is 11.3 Å². The van der Waals surface area contributed by atoms with Gasteiger partial charge in [0.2, 0.25) is 0 Å². The van der Waals surface area contributed by atoms with Crippen molar-refractivity contribution in [2.75, 3.05) is 7.11 Å². The summed E-state index contributed by atoms with van der Waals surface area (Å²) in [5.74, 6) is -1.79. The summed E-state index contributed by atoms with van der Waals surface area (Å²) in [5, 5.41) is 14.9. The maximum atomic E-state index is 13.6. The highest BCUT2D eigenvalue weighted by Crippen LogP contribution is 2.38. The molecule has 0 atom stereocenters. The summed E-state index contributed by atoms with van der Waals surface area (Å²) in [4.78, 5) is 12.5. The van der Waals surface area contributed by atoms with Crippen molar-refractivity contribution in [2.24, 2.45) is 7.05 Å². The molecule has 3 aromatic rings. The molecule has 3 rings (SSSR count). The van der Waals surface area contributed by atoms with Crippen LogP contribution in [0.1, 0.15) is 22.4 Å². The van der Waals surface area contributed by atoms with E-state index in [1.54, 1.807) is 0 Å². The van der Waals surface area contributed by atoms with E-state index >= 15 is 0 Å². The summed E-state index contributed by atoms with van der Waals surface area (Å²) in [7, 11) is 2.48. The first-order valence-corrected chi connectivity index (χ1v) is 9.11. The molecule has 9 heteroatoms. The molecule has 1 heterocycles. The quantitative estimate of drug-likeness (QED) is 0.350. The number of hydrogen-bond acceptors (Lipinski definition) is 5. The van der Waals surface area contributed by atoms with Gasteiger partial charge in [0, 0.05) is 12.6 Å². The Labute approximate surface area is 176 Å². The van der Waals surface area contributed by atoms with Crippen molar-refractivity contribution in [1.82, 2.24) is 9.78 Å². The van der Waals surface area contributed by atoms with Gasteiger partial charge in [0.1, 0.15) is 17.9 Å². The summed E-state index contributed by atoms with van der Waals surface area (Å²) in [6, 6.07) is 13.6. The van der Waals surface area contributed by atoms with Crippen LogP contribution in [0.4, 0.5) is 13.2 Å². The van der Waals surface area contributed by atoms with Crippen molar-refractivity contribution < 1.29 is 32.5 Å². The number of halogens is 3. The molecule has 1 aromatic heterocycles. The Morgan fingerprint density at radius 1 is 1.10 bits per heavy atom. The minimum atomic E-state index is -4.75. The van der Waals surface area contributed by atoms with E-state index in [0.717, 1.165) is 24.8 Å². The van der Waals surface area contributed by atoms with E-state index in [1.165, 1.54) is 30.1 Å². The third kappa shape index (κ3) is 4.71. The van der Waals surface area contributed by atoms with Crippen molar-refractivity contribution in [1.29, 1.82) is 0 Å². The number of esters is 1. The topological polar surface area (TPSA) is 73.6 Å². The van der Waals surface area contributed by atoms with Gasteiger partial charge >= 0.3 is 12.1 Å². The van der Waals surface area contributed by atoms with Gasteiger partial charge in [-0.15, -0.1) is 0 Å². The number of alkyl halides is 3. The van der Waals surface area contributed by atoms with Crippen LogP contribution in [-0.2, 0) is 29.4 Å². The lowest BCUT2D eigenvalue weighted by Crippen LogP contribution is -2.15. The fourth-order valence-corrected chi connectivity index (χ4v) is 3.03. The summed E-state index contributed by atoms with van der Waals surface area (Å²) in [6.07, 6.45) is -3.45. The molecule has 0 bridgehead atoms. The van der Waals surface area contributed by atoms with Crippen molar-refractivity contribution in [3.8, 4) is 5.75 Å². The smallest absolute Gasteiger partial charge is 0.417 e. The molecule has 1 N–H and O–H groups in total. The van der Waals surface area contributed by atoms with Crippen molar-refractivity contribution in [3.63, 3.8) is 0 Å². The summed E-state index contributed by atoms with van der Waals surface area (Å²) in [5.41, 5.74) is -1.49. The minimum Gasteiger partial charge on any atom is -0.505 e. The number of aliphatic hydroxyl groups excluding tert-OH is 1. The molecule has 0 amide bonds. The Kier molecular flexibility index (Phi) is 6.33. The van der Waals surface area contributed by atoms with Gasteiger partial charge in [-0.2, -0.15) is 18.3 Å². The van der Waals surface area contributed by atoms with E-state index in [-0.39, 0.29) is 18.1 Å². The number of hydrogen-bond donors (Lipinski definition) is 1. The first-order valence-electron chi connectivity index (χ1n) is 9.11. The molecular weight excluding hydrogens is 413 g/mol. The zero-order chi connectivity index (χ0) is 22.6. The van der Waals surface area contributed by atoms with Crippen molar-refractivity contribution in [3.05, 3.63) is 83.2 Å². The number of aliphatic hydroxyl groups is 1. The first kappa shape index (κ1) is 21.9. The SMILES string of the molecule is COC(=O)C(=C(O)c1c(OCc2ccccc2)cnn1C)c1ccccc1C(F)(F)F. The first-order chi connectivity index (χ1) is 14.7. The van der Waals surface area contributed by atoms with Crippen LogP contribution in [0, 0.1) is 0 Å². The molecule has 0 aliphatic rings. The van der Waals surface area contributed by atoms with Gasteiger partial charge in [0.05, 0.1) is 18.9 Å². The van der Waals surface area contributed by atoms with Crippen LogP contribution in [0.2, 0.25) is 0 Å². The Morgan fingerprint density at radius 2 is 1.74 bits per heavy atom. The number of methoxy groups -OCH3 is 1. The van der Waals surface area contributed by atoms with Crippen molar-refractivity contribution >= 4 is 17.3 Å². The number of ether oxygens (including phenoxy) is 2. The highest BCUT2D eigenvalue weighted by atomic mass is 19.4. The number of nitrogens with zero attached hydrogens (tertiary/aromatic N) is 2. The predicted molar refractivity (Wildman–Crippen MR) is 107 cm³/mol. The zero-order valence-electron chi connectivity index (χ0n) is 16.7. The number of aromatic nitrogens is 2. The number of rotatable bonds is 6. The van der Waals surface area contributed by atoms with E-state index in [4.69, 9.17) is 4.74 Å². The fraction of sp³-hybridized carbons (Fsp3) is 0.182. The molecule has 0 aliphatic carbocycles. The van der Waals surface area contributed by atoms with Crippen LogP contribution < -0.4 is 4.74 Å². The highest BCUT2D eigenvalue weighted by Gasteiger charge is 2.37. The lowest BCUT2D eigenvalue weighted by Gasteiger charge is -2.16. The Bertz CT molecular complexity index is 1110. The second-order valence-corrected chi connectivity index (χ2v) is 6.51. The molecular formula is C22H19F3N2O4. The van der Waals surface area contributed by atoms with Crippen LogP contribution in [0.15, 0.2) is 60.8 Å². The maximum absolute atomic E-state index is 13.6. The predicted octanol–water partition coefficient (Wildman–Crippen LogP) is 4.62. The molecule has 162 valence electrons. The van der Waals surface area contributed by atoms with Gasteiger partial charge < -0.3 is 14.6 Å². The minimum absolute atomic E-state index is 0.0618. The van der Waals surface area contributed by atoms with Gasteiger partial charge in [-0.3, -0.25) is 4.68 Å². The molecule has 0 saturated heterocycles. The third-order valence-electron chi connectivity index (χ3n) is 4.49. The number of benzene rings is 2. The van der Waals surface area contributed by atoms with Gasteiger partial charge in [-0.05, 0) is 11.6 Å². The lowest BCUT2D eigenvalue weighted by molar-refractivity contribution is -0.138. The van der Waals surface area contributed by atoms with Gasteiger partial charge in [0.15, 0.2) is 11.5 Å². The second kappa shape index (κ2) is 8.95. The lowest BCUT2D eigenvalue weighted by atomic mass is 9.97. The van der Waals surface area contributed by atoms with Crippen LogP contribution >= 0.6 is 0 Å². The van der Waals surface area contributed by atoms with Gasteiger partial charge in [-0.1, -0.05) is 48.5 Å². The highest BCUT2D eigenvalue weighted by molar-refractivity contribution is 6.23. The van der Waals surface area contributed by atoms with E-state index in [2.05, 4.69) is 9.84 Å². The van der Waals surface area contributed by atoms with E-state index in [1.807, 2.05) is 30.3 Å². The summed E-state index contributed by atoms with van der Waals surface area (Å²) in [6.45, 7) is 0.125.